The summed E-state index contributed by atoms with van der Waals surface area (Å²) >= 11 is 0. The number of carbonyl (C=O) groups is 2. The van der Waals surface area contributed by atoms with Crippen LogP contribution in [0.25, 0.3) is 5.69 Å². The van der Waals surface area contributed by atoms with Gasteiger partial charge in [0.15, 0.2) is 0 Å². The van der Waals surface area contributed by atoms with Crippen LogP contribution in [0.15, 0.2) is 42.7 Å². The molecule has 1 unspecified atom stereocenters. The zero-order valence-electron chi connectivity index (χ0n) is 14.7. The van der Waals surface area contributed by atoms with Gasteiger partial charge in [-0.25, -0.2) is 9.48 Å². The molecule has 0 fully saturated rings. The van der Waals surface area contributed by atoms with Crippen molar-refractivity contribution in [3.8, 4) is 5.69 Å². The fourth-order valence-electron chi connectivity index (χ4n) is 2.17. The first-order valence-electron chi connectivity index (χ1n) is 7.71. The molecule has 1 heterocycles. The van der Waals surface area contributed by atoms with Crippen LogP contribution in [-0.2, 0) is 15.1 Å². The molecule has 6 heteroatoms. The molecule has 0 spiro atoms. The average Bonchev–Trinajstić information content (AvgIpc) is 3.03. The van der Waals surface area contributed by atoms with Crippen LogP contribution in [0, 0.1) is 0 Å². The van der Waals surface area contributed by atoms with E-state index in [1.54, 1.807) is 51.8 Å². The van der Waals surface area contributed by atoms with Gasteiger partial charge in [-0.1, -0.05) is 18.2 Å². The minimum absolute atomic E-state index is 0.565. The van der Waals surface area contributed by atoms with E-state index in [0.717, 1.165) is 12.0 Å². The number of para-hydroxylation sites is 1. The summed E-state index contributed by atoms with van der Waals surface area (Å²) in [4.78, 5) is 25.4. The van der Waals surface area contributed by atoms with Crippen molar-refractivity contribution in [3.05, 3.63) is 48.3 Å². The Morgan fingerprint density at radius 1 is 1.21 bits per heavy atom. The molecule has 2 rings (SSSR count). The van der Waals surface area contributed by atoms with Crippen LogP contribution < -0.4 is 0 Å². The van der Waals surface area contributed by atoms with Gasteiger partial charge >= 0.3 is 6.09 Å². The first-order valence-corrected chi connectivity index (χ1v) is 7.71. The van der Waals surface area contributed by atoms with Crippen molar-refractivity contribution < 1.29 is 14.3 Å². The summed E-state index contributed by atoms with van der Waals surface area (Å²) in [6.45, 7) is 7.01. The van der Waals surface area contributed by atoms with Crippen molar-refractivity contribution in [2.24, 2.45) is 0 Å². The number of amides is 1. The smallest absolute Gasteiger partial charge is 0.411 e. The summed E-state index contributed by atoms with van der Waals surface area (Å²) in [7, 11) is 1.54. The zero-order chi connectivity index (χ0) is 18.0. The first kappa shape index (κ1) is 17.7. The Balaban J connectivity index is 2.31. The van der Waals surface area contributed by atoms with Crippen LogP contribution >= 0.6 is 0 Å². The van der Waals surface area contributed by atoms with Crippen LogP contribution in [0.5, 0.6) is 0 Å². The molecule has 0 aliphatic heterocycles. The van der Waals surface area contributed by atoms with Gasteiger partial charge in [-0.3, -0.25) is 4.90 Å². The van der Waals surface area contributed by atoms with Gasteiger partial charge in [0.2, 0.25) is 0 Å². The second kappa shape index (κ2) is 6.47. The van der Waals surface area contributed by atoms with E-state index in [1.807, 2.05) is 30.3 Å². The van der Waals surface area contributed by atoms with Crippen molar-refractivity contribution in [2.75, 3.05) is 7.05 Å². The Kier molecular flexibility index (Phi) is 4.78. The fraction of sp³-hybridized carbons (Fsp3) is 0.389. The Hall–Kier alpha value is -2.63. The van der Waals surface area contributed by atoms with E-state index in [1.165, 1.54) is 4.90 Å². The third-order valence-corrected chi connectivity index (χ3v) is 3.78. The lowest BCUT2D eigenvalue weighted by atomic mass is 9.95. The van der Waals surface area contributed by atoms with Gasteiger partial charge in [0.1, 0.15) is 17.4 Å². The number of carbonyl (C=O) groups excluding carboxylic acids is 2. The standard InChI is InChI=1S/C18H23N3O3/c1-17(2,3)24-16(23)20(5)18(4,13-22)14-11-19-21(12-14)15-9-7-6-8-10-15/h6-13H,1-5H3. The summed E-state index contributed by atoms with van der Waals surface area (Å²) < 4.78 is 7.03. The largest absolute Gasteiger partial charge is 0.444 e. The third-order valence-electron chi connectivity index (χ3n) is 3.78. The second-order valence-electron chi connectivity index (χ2n) is 6.81. The molecule has 1 aromatic carbocycles. The molecule has 0 N–H and O–H groups in total. The molecular weight excluding hydrogens is 306 g/mol. The van der Waals surface area contributed by atoms with Gasteiger partial charge in [-0.15, -0.1) is 0 Å². The van der Waals surface area contributed by atoms with Gasteiger partial charge in [0.05, 0.1) is 11.9 Å². The zero-order valence-corrected chi connectivity index (χ0v) is 14.7. The maximum absolute atomic E-state index is 12.3. The van der Waals surface area contributed by atoms with Gasteiger partial charge in [0, 0.05) is 18.8 Å². The van der Waals surface area contributed by atoms with E-state index in [-0.39, 0.29) is 0 Å². The molecule has 24 heavy (non-hydrogen) atoms. The monoisotopic (exact) mass is 329 g/mol. The number of benzene rings is 1. The quantitative estimate of drug-likeness (QED) is 0.808. The highest BCUT2D eigenvalue weighted by molar-refractivity contribution is 5.77. The molecular formula is C18H23N3O3. The average molecular weight is 329 g/mol. The number of aldehydes is 1. The molecule has 128 valence electrons. The van der Waals surface area contributed by atoms with Crippen molar-refractivity contribution in [1.29, 1.82) is 0 Å². The molecule has 0 aliphatic rings. The SMILES string of the molecule is CN(C(=O)OC(C)(C)C)C(C)(C=O)c1cnn(-c2ccccc2)c1. The van der Waals surface area contributed by atoms with E-state index >= 15 is 0 Å². The summed E-state index contributed by atoms with van der Waals surface area (Å²) in [5, 5.41) is 4.30. The second-order valence-corrected chi connectivity index (χ2v) is 6.81. The minimum Gasteiger partial charge on any atom is -0.444 e. The lowest BCUT2D eigenvalue weighted by molar-refractivity contribution is -0.117. The van der Waals surface area contributed by atoms with Crippen LogP contribution in [0.3, 0.4) is 0 Å². The number of aromatic nitrogens is 2. The number of hydrogen-bond donors (Lipinski definition) is 0. The lowest BCUT2D eigenvalue weighted by Crippen LogP contribution is -2.48. The van der Waals surface area contributed by atoms with E-state index in [2.05, 4.69) is 5.10 Å². The Bertz CT molecular complexity index is 719. The van der Waals surface area contributed by atoms with Crippen molar-refractivity contribution in [2.45, 2.75) is 38.8 Å². The molecule has 0 radical (unpaired) electrons. The van der Waals surface area contributed by atoms with Gasteiger partial charge < -0.3 is 9.53 Å². The van der Waals surface area contributed by atoms with E-state index < -0.39 is 17.2 Å². The predicted octanol–water partition coefficient (Wildman–Crippen LogP) is 3.15. The van der Waals surface area contributed by atoms with Crippen LogP contribution in [0.2, 0.25) is 0 Å². The number of ether oxygens (including phenoxy) is 1. The van der Waals surface area contributed by atoms with E-state index in [0.29, 0.717) is 5.56 Å². The molecule has 0 bridgehead atoms. The Morgan fingerprint density at radius 2 is 1.83 bits per heavy atom. The molecule has 0 aliphatic carbocycles. The predicted molar refractivity (Wildman–Crippen MR) is 91.0 cm³/mol. The highest BCUT2D eigenvalue weighted by atomic mass is 16.6. The van der Waals surface area contributed by atoms with Gasteiger partial charge in [-0.05, 0) is 39.8 Å². The highest BCUT2D eigenvalue weighted by Gasteiger charge is 2.37. The summed E-state index contributed by atoms with van der Waals surface area (Å²) in [5.41, 5.74) is -0.328. The highest BCUT2D eigenvalue weighted by Crippen LogP contribution is 2.27. The number of hydrogen-bond acceptors (Lipinski definition) is 4. The van der Waals surface area contributed by atoms with Crippen LogP contribution in [0.1, 0.15) is 33.3 Å². The Labute approximate surface area is 142 Å². The van der Waals surface area contributed by atoms with E-state index in [4.69, 9.17) is 4.74 Å². The molecule has 6 nitrogen and oxygen atoms in total. The third kappa shape index (κ3) is 3.64. The molecule has 1 amide bonds. The van der Waals surface area contributed by atoms with Crippen molar-refractivity contribution in [3.63, 3.8) is 0 Å². The summed E-state index contributed by atoms with van der Waals surface area (Å²) in [6, 6.07) is 9.55. The van der Waals surface area contributed by atoms with Crippen LogP contribution in [-0.4, -0.2) is 39.7 Å². The topological polar surface area (TPSA) is 64.4 Å². The molecule has 1 atom stereocenters. The molecule has 2 aromatic rings. The number of nitrogens with zero attached hydrogens (tertiary/aromatic N) is 3. The molecule has 0 saturated carbocycles. The number of rotatable bonds is 4. The van der Waals surface area contributed by atoms with Crippen molar-refractivity contribution in [1.82, 2.24) is 14.7 Å². The summed E-state index contributed by atoms with van der Waals surface area (Å²) in [6.07, 6.45) is 3.49. The maximum atomic E-state index is 12.3. The minimum atomic E-state index is -1.17. The molecule has 1 aromatic heterocycles. The van der Waals surface area contributed by atoms with Gasteiger partial charge in [-0.2, -0.15) is 5.10 Å². The fourth-order valence-corrected chi connectivity index (χ4v) is 2.17. The number of likely N-dealkylation sites (N-methyl/N-ethyl adjacent to an activating group) is 1. The lowest BCUT2D eigenvalue weighted by Gasteiger charge is -2.34. The normalized spacial score (nSPS) is 13.9. The Morgan fingerprint density at radius 3 is 2.38 bits per heavy atom. The van der Waals surface area contributed by atoms with Crippen LogP contribution in [0.4, 0.5) is 4.79 Å². The van der Waals surface area contributed by atoms with Crippen molar-refractivity contribution >= 4 is 12.4 Å². The molecule has 0 saturated heterocycles. The summed E-state index contributed by atoms with van der Waals surface area (Å²) in [5.74, 6) is 0. The maximum Gasteiger partial charge on any atom is 0.411 e. The van der Waals surface area contributed by atoms with Gasteiger partial charge in [0.25, 0.3) is 0 Å². The first-order chi connectivity index (χ1) is 11.2. The van der Waals surface area contributed by atoms with E-state index in [9.17, 15) is 9.59 Å².